The fourth-order valence-electron chi connectivity index (χ4n) is 2.74. The van der Waals surface area contributed by atoms with Gasteiger partial charge in [0.2, 0.25) is 0 Å². The van der Waals surface area contributed by atoms with E-state index < -0.39 is 0 Å². The van der Waals surface area contributed by atoms with Gasteiger partial charge in [-0.3, -0.25) is 9.88 Å². The molecule has 0 amide bonds. The van der Waals surface area contributed by atoms with Crippen molar-refractivity contribution in [2.45, 2.75) is 19.5 Å². The fourth-order valence-corrected chi connectivity index (χ4v) is 2.99. The van der Waals surface area contributed by atoms with Crippen LogP contribution in [-0.2, 0) is 6.54 Å². The highest BCUT2D eigenvalue weighted by molar-refractivity contribution is 6.31. The predicted octanol–water partition coefficient (Wildman–Crippen LogP) is 3.10. The van der Waals surface area contributed by atoms with E-state index in [1.54, 1.807) is 0 Å². The van der Waals surface area contributed by atoms with Crippen molar-refractivity contribution < 1.29 is 0 Å². The van der Waals surface area contributed by atoms with Gasteiger partial charge in [0.05, 0.1) is 5.52 Å². The maximum atomic E-state index is 6.21. The quantitative estimate of drug-likeness (QED) is 0.923. The highest BCUT2D eigenvalue weighted by Crippen LogP contribution is 2.23. The molecule has 5 heteroatoms. The number of nitrogens with one attached hydrogen (secondary N) is 1. The van der Waals surface area contributed by atoms with Crippen LogP contribution in [0.5, 0.6) is 0 Å². The third-order valence-corrected chi connectivity index (χ3v) is 3.81. The van der Waals surface area contributed by atoms with Crippen molar-refractivity contribution in [2.24, 2.45) is 0 Å². The molecule has 1 aliphatic heterocycles. The molecule has 20 heavy (non-hydrogen) atoms. The Labute approximate surface area is 130 Å². The summed E-state index contributed by atoms with van der Waals surface area (Å²) in [6.45, 7) is 6.33. The largest absolute Gasteiger partial charge is 0.312 e. The maximum absolute atomic E-state index is 6.21. The van der Waals surface area contributed by atoms with E-state index in [0.717, 1.165) is 42.1 Å². The third kappa shape index (κ3) is 3.41. The number of nitrogens with zero attached hydrogens (tertiary/aromatic N) is 2. The SMILES string of the molecule is CC1CN(Cc2cc(Cl)cc3cccnc23)CCN1.Cl. The average molecular weight is 312 g/mol. The van der Waals surface area contributed by atoms with Gasteiger partial charge in [0.15, 0.2) is 0 Å². The summed E-state index contributed by atoms with van der Waals surface area (Å²) in [6, 6.07) is 8.59. The molecule has 1 aliphatic rings. The summed E-state index contributed by atoms with van der Waals surface area (Å²) in [7, 11) is 0. The number of halogens is 2. The second-order valence-corrected chi connectivity index (χ2v) is 5.67. The van der Waals surface area contributed by atoms with Crippen molar-refractivity contribution in [3.8, 4) is 0 Å². The van der Waals surface area contributed by atoms with Crippen LogP contribution in [0.4, 0.5) is 0 Å². The lowest BCUT2D eigenvalue weighted by atomic mass is 10.1. The molecule has 0 spiro atoms. The van der Waals surface area contributed by atoms with Crippen molar-refractivity contribution in [1.29, 1.82) is 0 Å². The zero-order chi connectivity index (χ0) is 13.2. The smallest absolute Gasteiger partial charge is 0.0747 e. The Balaban J connectivity index is 0.00000147. The fraction of sp³-hybridized carbons (Fsp3) is 0.400. The van der Waals surface area contributed by atoms with Crippen LogP contribution in [0.3, 0.4) is 0 Å². The minimum atomic E-state index is 0. The molecule has 108 valence electrons. The topological polar surface area (TPSA) is 28.2 Å². The van der Waals surface area contributed by atoms with Crippen molar-refractivity contribution in [1.82, 2.24) is 15.2 Å². The van der Waals surface area contributed by atoms with Crippen LogP contribution in [-0.4, -0.2) is 35.6 Å². The van der Waals surface area contributed by atoms with E-state index in [0.29, 0.717) is 6.04 Å². The number of benzene rings is 1. The van der Waals surface area contributed by atoms with Gasteiger partial charge in [-0.05, 0) is 30.7 Å². The van der Waals surface area contributed by atoms with E-state index in [1.807, 2.05) is 24.4 Å². The summed E-state index contributed by atoms with van der Waals surface area (Å²) in [5.74, 6) is 0. The van der Waals surface area contributed by atoms with Crippen molar-refractivity contribution in [3.05, 3.63) is 41.0 Å². The first-order chi connectivity index (χ1) is 9.22. The van der Waals surface area contributed by atoms with Gasteiger partial charge >= 0.3 is 0 Å². The van der Waals surface area contributed by atoms with Crippen molar-refractivity contribution in [2.75, 3.05) is 19.6 Å². The molecule has 1 fully saturated rings. The zero-order valence-electron chi connectivity index (χ0n) is 11.5. The second kappa shape index (κ2) is 6.72. The molecule has 2 aromatic rings. The molecule has 1 N–H and O–H groups in total. The average Bonchev–Trinajstić information content (AvgIpc) is 2.38. The molecule has 0 bridgehead atoms. The van der Waals surface area contributed by atoms with Gasteiger partial charge in [-0.15, -0.1) is 12.4 Å². The molecule has 1 saturated heterocycles. The highest BCUT2D eigenvalue weighted by Gasteiger charge is 2.17. The number of piperazine rings is 1. The van der Waals surface area contributed by atoms with Crippen LogP contribution in [0, 0.1) is 0 Å². The monoisotopic (exact) mass is 311 g/mol. The molecule has 1 unspecified atom stereocenters. The Kier molecular flexibility index (Phi) is 5.22. The van der Waals surface area contributed by atoms with Gasteiger partial charge in [-0.2, -0.15) is 0 Å². The molecule has 1 aromatic heterocycles. The van der Waals surface area contributed by atoms with E-state index in [1.165, 1.54) is 5.56 Å². The summed E-state index contributed by atoms with van der Waals surface area (Å²) in [6.07, 6.45) is 1.85. The lowest BCUT2D eigenvalue weighted by Gasteiger charge is -2.32. The standard InChI is InChI=1S/C15H18ClN3.ClH/c1-11-9-19(6-5-17-11)10-13-8-14(16)7-12-3-2-4-18-15(12)13;/h2-4,7-8,11,17H,5-6,9-10H2,1H3;1H. The van der Waals surface area contributed by atoms with E-state index >= 15 is 0 Å². The van der Waals surface area contributed by atoms with E-state index in [4.69, 9.17) is 11.6 Å². The number of hydrogen-bond donors (Lipinski definition) is 1. The lowest BCUT2D eigenvalue weighted by Crippen LogP contribution is -2.48. The summed E-state index contributed by atoms with van der Waals surface area (Å²) in [4.78, 5) is 6.97. The van der Waals surface area contributed by atoms with Crippen LogP contribution in [0.15, 0.2) is 30.5 Å². The van der Waals surface area contributed by atoms with E-state index in [2.05, 4.69) is 28.2 Å². The molecule has 0 radical (unpaired) electrons. The Hall–Kier alpha value is -0.870. The predicted molar refractivity (Wildman–Crippen MR) is 86.7 cm³/mol. The van der Waals surface area contributed by atoms with Crippen LogP contribution in [0.2, 0.25) is 5.02 Å². The first-order valence-corrected chi connectivity index (χ1v) is 7.09. The van der Waals surface area contributed by atoms with Gasteiger partial charge in [-0.1, -0.05) is 17.7 Å². The molecule has 1 aromatic carbocycles. The first-order valence-electron chi connectivity index (χ1n) is 6.71. The molecule has 0 aliphatic carbocycles. The number of fused-ring (bicyclic) bond motifs is 1. The second-order valence-electron chi connectivity index (χ2n) is 5.23. The van der Waals surface area contributed by atoms with Gasteiger partial charge in [0.25, 0.3) is 0 Å². The third-order valence-electron chi connectivity index (χ3n) is 3.60. The maximum Gasteiger partial charge on any atom is 0.0747 e. The Bertz CT molecular complexity index is 588. The molecule has 0 saturated carbocycles. The van der Waals surface area contributed by atoms with Crippen LogP contribution in [0.1, 0.15) is 12.5 Å². The van der Waals surface area contributed by atoms with Crippen LogP contribution >= 0.6 is 24.0 Å². The number of hydrogen-bond acceptors (Lipinski definition) is 3. The van der Waals surface area contributed by atoms with Gasteiger partial charge in [0.1, 0.15) is 0 Å². The number of aromatic nitrogens is 1. The summed E-state index contributed by atoms with van der Waals surface area (Å²) >= 11 is 6.21. The minimum Gasteiger partial charge on any atom is -0.312 e. The minimum absolute atomic E-state index is 0. The van der Waals surface area contributed by atoms with Crippen molar-refractivity contribution >= 4 is 34.9 Å². The molecule has 2 heterocycles. The Morgan fingerprint density at radius 2 is 2.30 bits per heavy atom. The first kappa shape index (κ1) is 15.5. The van der Waals surface area contributed by atoms with Gasteiger partial charge in [0, 0.05) is 48.8 Å². The van der Waals surface area contributed by atoms with Gasteiger partial charge in [-0.25, -0.2) is 0 Å². The zero-order valence-corrected chi connectivity index (χ0v) is 13.0. The van der Waals surface area contributed by atoms with Gasteiger partial charge < -0.3 is 5.32 Å². The van der Waals surface area contributed by atoms with Crippen molar-refractivity contribution in [3.63, 3.8) is 0 Å². The van der Waals surface area contributed by atoms with E-state index in [-0.39, 0.29) is 12.4 Å². The normalized spacial score (nSPS) is 19.8. The Morgan fingerprint density at radius 3 is 3.10 bits per heavy atom. The summed E-state index contributed by atoms with van der Waals surface area (Å²) in [5, 5.41) is 5.37. The summed E-state index contributed by atoms with van der Waals surface area (Å²) < 4.78 is 0. The molecular weight excluding hydrogens is 293 g/mol. The van der Waals surface area contributed by atoms with Crippen LogP contribution < -0.4 is 5.32 Å². The molecule has 3 rings (SSSR count). The number of rotatable bonds is 2. The molecular formula is C15H19Cl2N3. The summed E-state index contributed by atoms with van der Waals surface area (Å²) in [5.41, 5.74) is 2.29. The molecule has 1 atom stereocenters. The molecule has 3 nitrogen and oxygen atoms in total. The van der Waals surface area contributed by atoms with Crippen LogP contribution in [0.25, 0.3) is 10.9 Å². The van der Waals surface area contributed by atoms with E-state index in [9.17, 15) is 0 Å². The lowest BCUT2D eigenvalue weighted by molar-refractivity contribution is 0.200. The Morgan fingerprint density at radius 1 is 1.45 bits per heavy atom. The number of pyridine rings is 1. The highest BCUT2D eigenvalue weighted by atomic mass is 35.5.